The van der Waals surface area contributed by atoms with E-state index in [2.05, 4.69) is 19.2 Å². The molecular weight excluding hydrogens is 176 g/mol. The molecule has 0 aliphatic carbocycles. The highest BCUT2D eigenvalue weighted by Crippen LogP contribution is 2.07. The Labute approximate surface area is 79.9 Å². The van der Waals surface area contributed by atoms with E-state index in [4.69, 9.17) is 0 Å². The van der Waals surface area contributed by atoms with Crippen molar-refractivity contribution in [2.45, 2.75) is 19.9 Å². The van der Waals surface area contributed by atoms with E-state index in [1.54, 1.807) is 4.90 Å². The van der Waals surface area contributed by atoms with Gasteiger partial charge in [-0.2, -0.15) is 0 Å². The summed E-state index contributed by atoms with van der Waals surface area (Å²) in [6, 6.07) is 0.0359. The number of likely N-dealkylation sites (N-methyl/N-ethyl adjacent to an activating group) is 1. The molecule has 1 atom stereocenters. The number of amides is 1. The number of nitrogens with zero attached hydrogens (tertiary/aromatic N) is 1. The fraction of sp³-hybridized carbons (Fsp3) is 0.875. The molecule has 1 saturated heterocycles. The molecule has 1 aliphatic heterocycles. The Bertz CT molecular complexity index is 161. The van der Waals surface area contributed by atoms with Crippen LogP contribution < -0.4 is 5.32 Å². The van der Waals surface area contributed by atoms with Crippen molar-refractivity contribution < 1.29 is 4.79 Å². The van der Waals surface area contributed by atoms with E-state index >= 15 is 0 Å². The first-order valence-corrected chi connectivity index (χ1v) is 4.11. The third-order valence-electron chi connectivity index (χ3n) is 2.12. The molecule has 1 rings (SSSR count). The third-order valence-corrected chi connectivity index (χ3v) is 2.12. The zero-order valence-electron chi connectivity index (χ0n) is 7.83. The quantitative estimate of drug-likeness (QED) is 0.656. The first kappa shape index (κ1) is 11.7. The smallest absolute Gasteiger partial charge is 0.239 e. The minimum atomic E-state index is 0. The van der Waals surface area contributed by atoms with Gasteiger partial charge in [0.2, 0.25) is 5.91 Å². The first-order valence-electron chi connectivity index (χ1n) is 4.11. The first-order chi connectivity index (χ1) is 5.13. The summed E-state index contributed by atoms with van der Waals surface area (Å²) < 4.78 is 0. The second-order valence-electron chi connectivity index (χ2n) is 3.44. The number of nitrogens with one attached hydrogen (secondary N) is 1. The average molecular weight is 193 g/mol. The molecule has 72 valence electrons. The lowest BCUT2D eigenvalue weighted by Crippen LogP contribution is -2.55. The highest BCUT2D eigenvalue weighted by Gasteiger charge is 2.27. The van der Waals surface area contributed by atoms with Gasteiger partial charge in [-0.3, -0.25) is 4.79 Å². The summed E-state index contributed by atoms with van der Waals surface area (Å²) in [6.07, 6.45) is 0. The van der Waals surface area contributed by atoms with Gasteiger partial charge in [-0.05, 0) is 5.92 Å². The zero-order chi connectivity index (χ0) is 8.43. The number of halogens is 1. The van der Waals surface area contributed by atoms with Crippen LogP contribution in [0.1, 0.15) is 13.8 Å². The van der Waals surface area contributed by atoms with Gasteiger partial charge < -0.3 is 10.2 Å². The molecule has 1 heterocycles. The molecule has 1 amide bonds. The lowest BCUT2D eigenvalue weighted by atomic mass is 10.0. The standard InChI is InChI=1S/C8H16N2O.ClH/c1-6(2)7-8(11)10(3)5-4-9-7;/h6-7,9H,4-5H2,1-3H3;1H. The van der Waals surface area contributed by atoms with Gasteiger partial charge >= 0.3 is 0 Å². The molecule has 1 N–H and O–H groups in total. The zero-order valence-corrected chi connectivity index (χ0v) is 8.65. The van der Waals surface area contributed by atoms with Crippen LogP contribution in [0.25, 0.3) is 0 Å². The molecule has 1 aliphatic rings. The Hall–Kier alpha value is -0.280. The van der Waals surface area contributed by atoms with Gasteiger partial charge in [0.25, 0.3) is 0 Å². The Kier molecular flexibility index (Phi) is 4.57. The molecule has 0 spiro atoms. The number of hydrogen-bond donors (Lipinski definition) is 1. The van der Waals surface area contributed by atoms with E-state index < -0.39 is 0 Å². The Morgan fingerprint density at radius 2 is 2.17 bits per heavy atom. The summed E-state index contributed by atoms with van der Waals surface area (Å²) in [5, 5.41) is 3.21. The molecule has 0 aromatic heterocycles. The summed E-state index contributed by atoms with van der Waals surface area (Å²) in [5.74, 6) is 0.622. The Balaban J connectivity index is 0.00000121. The van der Waals surface area contributed by atoms with Crippen LogP contribution >= 0.6 is 12.4 Å². The topological polar surface area (TPSA) is 32.3 Å². The fourth-order valence-electron chi connectivity index (χ4n) is 1.34. The van der Waals surface area contributed by atoms with E-state index in [1.807, 2.05) is 7.05 Å². The van der Waals surface area contributed by atoms with Crippen LogP contribution in [0, 0.1) is 5.92 Å². The summed E-state index contributed by atoms with van der Waals surface area (Å²) in [7, 11) is 1.86. The van der Waals surface area contributed by atoms with Crippen LogP contribution in [0.5, 0.6) is 0 Å². The molecule has 1 unspecified atom stereocenters. The predicted molar refractivity (Wildman–Crippen MR) is 51.5 cm³/mol. The van der Waals surface area contributed by atoms with Crippen molar-refractivity contribution in [3.05, 3.63) is 0 Å². The van der Waals surface area contributed by atoms with Gasteiger partial charge in [0, 0.05) is 20.1 Å². The van der Waals surface area contributed by atoms with E-state index in [1.165, 1.54) is 0 Å². The number of piperazine rings is 1. The minimum Gasteiger partial charge on any atom is -0.343 e. The van der Waals surface area contributed by atoms with Gasteiger partial charge in [-0.25, -0.2) is 0 Å². The highest BCUT2D eigenvalue weighted by molar-refractivity contribution is 5.85. The molecule has 0 aromatic carbocycles. The molecule has 0 bridgehead atoms. The van der Waals surface area contributed by atoms with Crippen LogP contribution in [0.3, 0.4) is 0 Å². The van der Waals surface area contributed by atoms with Crippen LogP contribution in [0.15, 0.2) is 0 Å². The molecule has 12 heavy (non-hydrogen) atoms. The van der Waals surface area contributed by atoms with E-state index in [-0.39, 0.29) is 24.4 Å². The normalized spacial score (nSPS) is 24.2. The molecule has 0 radical (unpaired) electrons. The van der Waals surface area contributed by atoms with Gasteiger partial charge in [0.05, 0.1) is 6.04 Å². The van der Waals surface area contributed by atoms with E-state index in [9.17, 15) is 4.79 Å². The van der Waals surface area contributed by atoms with Crippen molar-refractivity contribution in [1.82, 2.24) is 10.2 Å². The minimum absolute atomic E-state index is 0. The lowest BCUT2D eigenvalue weighted by molar-refractivity contribution is -0.135. The largest absolute Gasteiger partial charge is 0.343 e. The van der Waals surface area contributed by atoms with Crippen molar-refractivity contribution >= 4 is 18.3 Å². The summed E-state index contributed by atoms with van der Waals surface area (Å²) in [5.41, 5.74) is 0. The third kappa shape index (κ3) is 2.35. The van der Waals surface area contributed by atoms with Crippen molar-refractivity contribution in [3.63, 3.8) is 0 Å². The second-order valence-corrected chi connectivity index (χ2v) is 3.44. The van der Waals surface area contributed by atoms with Gasteiger partial charge in [0.1, 0.15) is 0 Å². The SMILES string of the molecule is CC(C)C1NCCN(C)C1=O.Cl. The number of carbonyl (C=O) groups is 1. The van der Waals surface area contributed by atoms with Crippen LogP contribution in [-0.4, -0.2) is 37.0 Å². The molecule has 0 aromatic rings. The van der Waals surface area contributed by atoms with Crippen molar-refractivity contribution in [3.8, 4) is 0 Å². The predicted octanol–water partition coefficient (Wildman–Crippen LogP) is 0.494. The van der Waals surface area contributed by atoms with Gasteiger partial charge in [-0.1, -0.05) is 13.8 Å². The summed E-state index contributed by atoms with van der Waals surface area (Å²) in [4.78, 5) is 13.2. The number of rotatable bonds is 1. The average Bonchev–Trinajstić information content (AvgIpc) is 1.94. The number of carbonyl (C=O) groups excluding carboxylic acids is 1. The van der Waals surface area contributed by atoms with E-state index in [0.717, 1.165) is 13.1 Å². The molecule has 1 fully saturated rings. The van der Waals surface area contributed by atoms with Crippen LogP contribution in [-0.2, 0) is 4.79 Å². The monoisotopic (exact) mass is 192 g/mol. The molecule has 3 nitrogen and oxygen atoms in total. The van der Waals surface area contributed by atoms with Crippen LogP contribution in [0.2, 0.25) is 0 Å². The molecular formula is C8H17ClN2O. The Morgan fingerprint density at radius 1 is 1.58 bits per heavy atom. The second kappa shape index (κ2) is 4.67. The summed E-state index contributed by atoms with van der Waals surface area (Å²) in [6.45, 7) is 5.89. The Morgan fingerprint density at radius 3 is 2.58 bits per heavy atom. The maximum Gasteiger partial charge on any atom is 0.239 e. The summed E-state index contributed by atoms with van der Waals surface area (Å²) >= 11 is 0. The highest BCUT2D eigenvalue weighted by atomic mass is 35.5. The van der Waals surface area contributed by atoms with Crippen molar-refractivity contribution in [1.29, 1.82) is 0 Å². The molecule has 4 heteroatoms. The maximum absolute atomic E-state index is 11.4. The lowest BCUT2D eigenvalue weighted by Gasteiger charge is -2.32. The van der Waals surface area contributed by atoms with Gasteiger partial charge in [0.15, 0.2) is 0 Å². The number of hydrogen-bond acceptors (Lipinski definition) is 2. The van der Waals surface area contributed by atoms with Crippen molar-refractivity contribution in [2.24, 2.45) is 5.92 Å². The van der Waals surface area contributed by atoms with Crippen molar-refractivity contribution in [2.75, 3.05) is 20.1 Å². The fourth-order valence-corrected chi connectivity index (χ4v) is 1.34. The maximum atomic E-state index is 11.4. The molecule has 0 saturated carbocycles. The van der Waals surface area contributed by atoms with Gasteiger partial charge in [-0.15, -0.1) is 12.4 Å². The van der Waals surface area contributed by atoms with Crippen LogP contribution in [0.4, 0.5) is 0 Å². The van der Waals surface area contributed by atoms with E-state index in [0.29, 0.717) is 5.92 Å².